The van der Waals surface area contributed by atoms with Crippen molar-refractivity contribution in [2.24, 2.45) is 0 Å². The van der Waals surface area contributed by atoms with E-state index >= 15 is 0 Å². The predicted molar refractivity (Wildman–Crippen MR) is 78.2 cm³/mol. The maximum absolute atomic E-state index is 9.28. The molecule has 1 saturated carbocycles. The summed E-state index contributed by atoms with van der Waals surface area (Å²) in [6, 6.07) is 10.8. The molecule has 2 fully saturated rings. The molecule has 110 valence electrons. The second-order valence-electron chi connectivity index (χ2n) is 5.92. The quantitative estimate of drug-likeness (QED) is 0.823. The van der Waals surface area contributed by atoms with Crippen LogP contribution in [0.25, 0.3) is 0 Å². The van der Waals surface area contributed by atoms with Crippen LogP contribution in [0.4, 0.5) is 0 Å². The molecule has 4 nitrogen and oxygen atoms in total. The van der Waals surface area contributed by atoms with Gasteiger partial charge in [-0.3, -0.25) is 10.2 Å². The Bertz CT molecular complexity index is 406. The number of β-amino-alcohol motifs (C(OH)–C–C–N with tert-alkyl or cyclic N) is 1. The molecule has 1 heterocycles. The molecule has 0 spiro atoms. The first-order valence-electron chi connectivity index (χ1n) is 7.60. The number of aliphatic hydroxyl groups is 1. The molecule has 1 aromatic carbocycles. The third kappa shape index (κ3) is 3.58. The number of nitrogens with one attached hydrogen (secondary N) is 1. The van der Waals surface area contributed by atoms with Crippen molar-refractivity contribution in [2.75, 3.05) is 19.8 Å². The predicted octanol–water partition coefficient (Wildman–Crippen LogP) is 1.35. The Morgan fingerprint density at radius 3 is 2.75 bits per heavy atom. The molecule has 20 heavy (non-hydrogen) atoms. The minimum absolute atomic E-state index is 0.120. The van der Waals surface area contributed by atoms with Crippen molar-refractivity contribution in [3.05, 3.63) is 35.9 Å². The van der Waals surface area contributed by atoms with Crippen LogP contribution in [0, 0.1) is 0 Å². The number of nitrogens with zero attached hydrogens (tertiary/aromatic N) is 1. The monoisotopic (exact) mass is 276 g/mol. The van der Waals surface area contributed by atoms with E-state index in [2.05, 4.69) is 34.5 Å². The molecule has 3 rings (SSSR count). The zero-order valence-corrected chi connectivity index (χ0v) is 11.9. The highest BCUT2D eigenvalue weighted by molar-refractivity contribution is 5.13. The molecule has 1 aromatic rings. The van der Waals surface area contributed by atoms with Crippen LogP contribution in [-0.4, -0.2) is 48.0 Å². The number of hydrogen-bond acceptors (Lipinski definition) is 4. The average Bonchev–Trinajstić information content (AvgIpc) is 2.89. The SMILES string of the molecule is OC1CN(CNC2CCCC2OCc2ccccc2)C1. The molecule has 2 aliphatic rings. The number of ether oxygens (including phenoxy) is 1. The summed E-state index contributed by atoms with van der Waals surface area (Å²) in [4.78, 5) is 2.23. The van der Waals surface area contributed by atoms with Crippen molar-refractivity contribution in [1.82, 2.24) is 10.2 Å². The highest BCUT2D eigenvalue weighted by atomic mass is 16.5. The van der Waals surface area contributed by atoms with Crippen molar-refractivity contribution in [3.63, 3.8) is 0 Å². The summed E-state index contributed by atoms with van der Waals surface area (Å²) < 4.78 is 6.08. The third-order valence-corrected chi connectivity index (χ3v) is 4.27. The van der Waals surface area contributed by atoms with Crippen LogP contribution in [0.5, 0.6) is 0 Å². The molecule has 1 saturated heterocycles. The molecule has 2 unspecified atom stereocenters. The normalized spacial score (nSPS) is 27.6. The summed E-state index contributed by atoms with van der Waals surface area (Å²) in [5.41, 5.74) is 1.24. The van der Waals surface area contributed by atoms with Crippen LogP contribution >= 0.6 is 0 Å². The number of benzene rings is 1. The van der Waals surface area contributed by atoms with Crippen LogP contribution < -0.4 is 5.32 Å². The van der Waals surface area contributed by atoms with Crippen molar-refractivity contribution in [3.8, 4) is 0 Å². The van der Waals surface area contributed by atoms with Crippen molar-refractivity contribution < 1.29 is 9.84 Å². The number of hydrogen-bond donors (Lipinski definition) is 2. The van der Waals surface area contributed by atoms with Gasteiger partial charge >= 0.3 is 0 Å². The van der Waals surface area contributed by atoms with Gasteiger partial charge in [-0.15, -0.1) is 0 Å². The van der Waals surface area contributed by atoms with Gasteiger partial charge in [-0.25, -0.2) is 0 Å². The van der Waals surface area contributed by atoms with Crippen molar-refractivity contribution in [2.45, 2.75) is 44.1 Å². The summed E-state index contributed by atoms with van der Waals surface area (Å²) in [5.74, 6) is 0. The van der Waals surface area contributed by atoms with E-state index in [1.54, 1.807) is 0 Å². The Hall–Kier alpha value is -0.940. The number of likely N-dealkylation sites (tertiary alicyclic amines) is 1. The fourth-order valence-electron chi connectivity index (χ4n) is 3.05. The zero-order chi connectivity index (χ0) is 13.8. The summed E-state index contributed by atoms with van der Waals surface area (Å²) >= 11 is 0. The second kappa shape index (κ2) is 6.68. The molecule has 4 heteroatoms. The summed E-state index contributed by atoms with van der Waals surface area (Å²) in [6.45, 7) is 3.17. The van der Waals surface area contributed by atoms with Gasteiger partial charge in [0, 0.05) is 25.8 Å². The van der Waals surface area contributed by atoms with Gasteiger partial charge in [0.15, 0.2) is 0 Å². The number of rotatable bonds is 6. The van der Waals surface area contributed by atoms with Crippen molar-refractivity contribution >= 4 is 0 Å². The fraction of sp³-hybridized carbons (Fsp3) is 0.625. The van der Waals surface area contributed by atoms with Crippen LogP contribution in [0.15, 0.2) is 30.3 Å². The molecule has 1 aliphatic heterocycles. The minimum atomic E-state index is -0.120. The average molecular weight is 276 g/mol. The van der Waals surface area contributed by atoms with Crippen LogP contribution in [0.1, 0.15) is 24.8 Å². The highest BCUT2D eigenvalue weighted by Gasteiger charge is 2.30. The van der Waals surface area contributed by atoms with Crippen LogP contribution in [0.2, 0.25) is 0 Å². The first kappa shape index (κ1) is 14.0. The van der Waals surface area contributed by atoms with E-state index in [1.165, 1.54) is 18.4 Å². The van der Waals surface area contributed by atoms with Gasteiger partial charge in [0.25, 0.3) is 0 Å². The van der Waals surface area contributed by atoms with E-state index in [0.29, 0.717) is 18.8 Å². The Morgan fingerprint density at radius 1 is 1.20 bits per heavy atom. The lowest BCUT2D eigenvalue weighted by molar-refractivity contribution is -0.0145. The van der Waals surface area contributed by atoms with E-state index < -0.39 is 0 Å². The maximum Gasteiger partial charge on any atom is 0.0794 e. The number of aliphatic hydroxyl groups excluding tert-OH is 1. The van der Waals surface area contributed by atoms with Gasteiger partial charge in [0.05, 0.1) is 18.8 Å². The third-order valence-electron chi connectivity index (χ3n) is 4.27. The van der Waals surface area contributed by atoms with Gasteiger partial charge in [-0.2, -0.15) is 0 Å². The smallest absolute Gasteiger partial charge is 0.0794 e. The maximum atomic E-state index is 9.28. The Labute approximate surface area is 120 Å². The fourth-order valence-corrected chi connectivity index (χ4v) is 3.05. The first-order valence-corrected chi connectivity index (χ1v) is 7.60. The highest BCUT2D eigenvalue weighted by Crippen LogP contribution is 2.23. The zero-order valence-electron chi connectivity index (χ0n) is 11.9. The molecule has 0 amide bonds. The first-order chi connectivity index (χ1) is 9.81. The second-order valence-corrected chi connectivity index (χ2v) is 5.92. The Kier molecular flexibility index (Phi) is 4.68. The van der Waals surface area contributed by atoms with E-state index in [-0.39, 0.29) is 6.10 Å². The summed E-state index contributed by atoms with van der Waals surface area (Å²) in [7, 11) is 0. The topological polar surface area (TPSA) is 44.7 Å². The lowest BCUT2D eigenvalue weighted by Gasteiger charge is -2.37. The molecular weight excluding hydrogens is 252 g/mol. The lowest BCUT2D eigenvalue weighted by Crippen LogP contribution is -2.55. The largest absolute Gasteiger partial charge is 0.390 e. The molecule has 0 radical (unpaired) electrons. The van der Waals surface area contributed by atoms with Crippen LogP contribution in [-0.2, 0) is 11.3 Å². The molecule has 0 bridgehead atoms. The van der Waals surface area contributed by atoms with E-state index in [9.17, 15) is 5.11 Å². The van der Waals surface area contributed by atoms with E-state index in [4.69, 9.17) is 4.74 Å². The molecule has 2 atom stereocenters. The van der Waals surface area contributed by atoms with E-state index in [0.717, 1.165) is 26.2 Å². The summed E-state index contributed by atoms with van der Waals surface area (Å²) in [5, 5.41) is 12.9. The molecular formula is C16H24N2O2. The molecule has 2 N–H and O–H groups in total. The van der Waals surface area contributed by atoms with Gasteiger partial charge < -0.3 is 9.84 Å². The Morgan fingerprint density at radius 2 is 2.00 bits per heavy atom. The van der Waals surface area contributed by atoms with Crippen LogP contribution in [0.3, 0.4) is 0 Å². The lowest BCUT2D eigenvalue weighted by atomic mass is 10.2. The molecule has 1 aliphatic carbocycles. The molecule has 0 aromatic heterocycles. The van der Waals surface area contributed by atoms with E-state index in [1.807, 2.05) is 6.07 Å². The Balaban J connectivity index is 1.41. The van der Waals surface area contributed by atoms with Gasteiger partial charge in [-0.05, 0) is 24.8 Å². The van der Waals surface area contributed by atoms with Gasteiger partial charge in [0.2, 0.25) is 0 Å². The summed E-state index contributed by atoms with van der Waals surface area (Å²) in [6.07, 6.45) is 3.77. The van der Waals surface area contributed by atoms with Crippen molar-refractivity contribution in [1.29, 1.82) is 0 Å². The van der Waals surface area contributed by atoms with Gasteiger partial charge in [-0.1, -0.05) is 30.3 Å². The standard InChI is InChI=1S/C16H24N2O2/c19-14-9-18(10-14)12-17-15-7-4-8-16(15)20-11-13-5-2-1-3-6-13/h1-3,5-6,14-17,19H,4,7-12H2. The minimum Gasteiger partial charge on any atom is -0.390 e. The van der Waals surface area contributed by atoms with Gasteiger partial charge in [0.1, 0.15) is 0 Å².